The molecule has 1 fully saturated rings. The maximum absolute atomic E-state index is 12.1. The van der Waals surface area contributed by atoms with Crippen molar-refractivity contribution in [3.05, 3.63) is 17.0 Å². The molecule has 1 aliphatic carbocycles. The van der Waals surface area contributed by atoms with E-state index < -0.39 is 17.4 Å². The van der Waals surface area contributed by atoms with Gasteiger partial charge in [-0.1, -0.05) is 6.92 Å². The van der Waals surface area contributed by atoms with E-state index in [4.69, 9.17) is 5.11 Å². The van der Waals surface area contributed by atoms with E-state index in [-0.39, 0.29) is 18.2 Å². The van der Waals surface area contributed by atoms with Crippen molar-refractivity contribution < 1.29 is 19.5 Å². The summed E-state index contributed by atoms with van der Waals surface area (Å²) >= 11 is 1.14. The van der Waals surface area contributed by atoms with E-state index >= 15 is 0 Å². The average Bonchev–Trinajstić information content (AvgIpc) is 3.19. The normalized spacial score (nSPS) is 16.9. The van der Waals surface area contributed by atoms with Crippen LogP contribution in [0, 0.1) is 5.92 Å². The molecule has 1 saturated carbocycles. The first-order valence-electron chi connectivity index (χ1n) is 6.82. The molecule has 1 unspecified atom stereocenters. The number of hydrogen-bond donors (Lipinski definition) is 3. The minimum atomic E-state index is -1.29. The standard InChI is InChI=1S/C14H18N2O4S/c1-3-14(2,13(19)20)16-12(18)9-6-7-10(21-9)15-11(17)8-4-5-8/h6-8H,3-5H2,1-2H3,(H,15,17)(H,16,18)(H,19,20). The monoisotopic (exact) mass is 310 g/mol. The highest BCUT2D eigenvalue weighted by Gasteiger charge is 2.33. The van der Waals surface area contributed by atoms with Crippen molar-refractivity contribution in [3.63, 3.8) is 0 Å². The molecule has 1 atom stereocenters. The van der Waals surface area contributed by atoms with Crippen LogP contribution >= 0.6 is 11.3 Å². The Bertz CT molecular complexity index is 579. The Morgan fingerprint density at radius 2 is 2.05 bits per heavy atom. The fraction of sp³-hybridized carbons (Fsp3) is 0.500. The molecule has 1 heterocycles. The summed E-state index contributed by atoms with van der Waals surface area (Å²) in [5, 5.41) is 15.0. The first-order valence-corrected chi connectivity index (χ1v) is 7.64. The second-order valence-electron chi connectivity index (χ2n) is 5.37. The van der Waals surface area contributed by atoms with Crippen LogP contribution in [0.25, 0.3) is 0 Å². The Morgan fingerprint density at radius 1 is 1.38 bits per heavy atom. The Balaban J connectivity index is 2.01. The van der Waals surface area contributed by atoms with Crippen LogP contribution in [0.2, 0.25) is 0 Å². The summed E-state index contributed by atoms with van der Waals surface area (Å²) in [6.45, 7) is 3.17. The zero-order valence-corrected chi connectivity index (χ0v) is 12.8. The van der Waals surface area contributed by atoms with Crippen LogP contribution in [0.1, 0.15) is 42.8 Å². The van der Waals surface area contributed by atoms with Gasteiger partial charge in [-0.05, 0) is 38.3 Å². The van der Waals surface area contributed by atoms with Gasteiger partial charge in [0.1, 0.15) is 5.54 Å². The van der Waals surface area contributed by atoms with Gasteiger partial charge in [-0.15, -0.1) is 11.3 Å². The molecule has 1 aliphatic rings. The first-order chi connectivity index (χ1) is 9.85. The van der Waals surface area contributed by atoms with E-state index in [1.54, 1.807) is 19.1 Å². The lowest BCUT2D eigenvalue weighted by Crippen LogP contribution is -2.51. The second-order valence-corrected chi connectivity index (χ2v) is 6.46. The Kier molecular flexibility index (Phi) is 4.32. The third-order valence-electron chi connectivity index (χ3n) is 3.59. The van der Waals surface area contributed by atoms with Crippen LogP contribution in [0.5, 0.6) is 0 Å². The van der Waals surface area contributed by atoms with Crippen molar-refractivity contribution in [1.29, 1.82) is 0 Å². The molecular formula is C14H18N2O4S. The summed E-state index contributed by atoms with van der Waals surface area (Å²) in [7, 11) is 0. The number of aliphatic carboxylic acids is 1. The summed E-state index contributed by atoms with van der Waals surface area (Å²) in [6.07, 6.45) is 2.11. The number of carboxylic acids is 1. The van der Waals surface area contributed by atoms with E-state index in [2.05, 4.69) is 10.6 Å². The fourth-order valence-corrected chi connectivity index (χ4v) is 2.51. The van der Waals surface area contributed by atoms with Gasteiger partial charge in [-0.3, -0.25) is 9.59 Å². The maximum atomic E-state index is 12.1. The van der Waals surface area contributed by atoms with E-state index in [0.29, 0.717) is 9.88 Å². The molecule has 0 saturated heterocycles. The van der Waals surface area contributed by atoms with Crippen LogP contribution in [0.3, 0.4) is 0 Å². The molecule has 0 aliphatic heterocycles. The lowest BCUT2D eigenvalue weighted by Gasteiger charge is -2.24. The number of anilines is 1. The van der Waals surface area contributed by atoms with Crippen molar-refractivity contribution in [2.75, 3.05) is 5.32 Å². The van der Waals surface area contributed by atoms with Crippen LogP contribution in [0.4, 0.5) is 5.00 Å². The van der Waals surface area contributed by atoms with Gasteiger partial charge in [0, 0.05) is 5.92 Å². The number of carbonyl (C=O) groups is 3. The third kappa shape index (κ3) is 3.60. The highest BCUT2D eigenvalue weighted by atomic mass is 32.1. The van der Waals surface area contributed by atoms with Crippen molar-refractivity contribution in [2.45, 2.75) is 38.6 Å². The molecule has 6 nitrogen and oxygen atoms in total. The fourth-order valence-electron chi connectivity index (χ4n) is 1.70. The molecule has 1 aromatic rings. The Labute approximate surface area is 126 Å². The highest BCUT2D eigenvalue weighted by Crippen LogP contribution is 2.31. The Hall–Kier alpha value is -1.89. The summed E-state index contributed by atoms with van der Waals surface area (Å²) in [6, 6.07) is 3.24. The highest BCUT2D eigenvalue weighted by molar-refractivity contribution is 7.18. The minimum absolute atomic E-state index is 0.0206. The largest absolute Gasteiger partial charge is 0.480 e. The number of carboxylic acid groups (broad SMARTS) is 1. The van der Waals surface area contributed by atoms with Crippen molar-refractivity contribution in [1.82, 2.24) is 5.32 Å². The van der Waals surface area contributed by atoms with Crippen LogP contribution in [-0.4, -0.2) is 28.4 Å². The zero-order valence-electron chi connectivity index (χ0n) is 11.9. The number of nitrogens with one attached hydrogen (secondary N) is 2. The maximum Gasteiger partial charge on any atom is 0.329 e. The minimum Gasteiger partial charge on any atom is -0.480 e. The topological polar surface area (TPSA) is 95.5 Å². The van der Waals surface area contributed by atoms with E-state index in [9.17, 15) is 14.4 Å². The summed E-state index contributed by atoms with van der Waals surface area (Å²) < 4.78 is 0. The molecule has 0 spiro atoms. The number of thiophene rings is 1. The summed E-state index contributed by atoms with van der Waals surface area (Å²) in [5.41, 5.74) is -1.29. The zero-order chi connectivity index (χ0) is 15.6. The van der Waals surface area contributed by atoms with Crippen LogP contribution in [0.15, 0.2) is 12.1 Å². The van der Waals surface area contributed by atoms with Crippen molar-refractivity contribution >= 4 is 34.1 Å². The molecule has 2 rings (SSSR count). The number of carbonyl (C=O) groups excluding carboxylic acids is 2. The second kappa shape index (κ2) is 5.85. The molecule has 0 bridgehead atoms. The SMILES string of the molecule is CCC(C)(NC(=O)c1ccc(NC(=O)C2CC2)s1)C(=O)O. The van der Waals surface area contributed by atoms with Crippen molar-refractivity contribution in [3.8, 4) is 0 Å². The van der Waals surface area contributed by atoms with Gasteiger partial charge in [0.05, 0.1) is 9.88 Å². The molecule has 21 heavy (non-hydrogen) atoms. The Morgan fingerprint density at radius 3 is 2.57 bits per heavy atom. The molecular weight excluding hydrogens is 292 g/mol. The average molecular weight is 310 g/mol. The first kappa shape index (κ1) is 15.5. The van der Waals surface area contributed by atoms with Crippen LogP contribution in [-0.2, 0) is 9.59 Å². The molecule has 114 valence electrons. The van der Waals surface area contributed by atoms with Crippen LogP contribution < -0.4 is 10.6 Å². The van der Waals surface area contributed by atoms with E-state index in [1.807, 2.05) is 0 Å². The molecule has 0 aromatic carbocycles. The van der Waals surface area contributed by atoms with Gasteiger partial charge in [0.25, 0.3) is 5.91 Å². The number of hydrogen-bond acceptors (Lipinski definition) is 4. The predicted molar refractivity (Wildman–Crippen MR) is 79.5 cm³/mol. The van der Waals surface area contributed by atoms with Gasteiger partial charge < -0.3 is 15.7 Å². The molecule has 1 aromatic heterocycles. The molecule has 0 radical (unpaired) electrons. The molecule has 2 amide bonds. The van der Waals surface area contributed by atoms with Gasteiger partial charge in [0.2, 0.25) is 5.91 Å². The summed E-state index contributed by atoms with van der Waals surface area (Å²) in [4.78, 5) is 35.3. The van der Waals surface area contributed by atoms with Gasteiger partial charge >= 0.3 is 5.97 Å². The quantitative estimate of drug-likeness (QED) is 0.749. The lowest BCUT2D eigenvalue weighted by atomic mass is 9.99. The number of amides is 2. The van der Waals surface area contributed by atoms with Gasteiger partial charge in [0.15, 0.2) is 0 Å². The van der Waals surface area contributed by atoms with E-state index in [1.165, 1.54) is 6.92 Å². The predicted octanol–water partition coefficient (Wildman–Crippen LogP) is 2.08. The van der Waals surface area contributed by atoms with Crippen molar-refractivity contribution in [2.24, 2.45) is 5.92 Å². The van der Waals surface area contributed by atoms with Gasteiger partial charge in [-0.25, -0.2) is 4.79 Å². The smallest absolute Gasteiger partial charge is 0.329 e. The molecule has 3 N–H and O–H groups in total. The summed E-state index contributed by atoms with van der Waals surface area (Å²) in [5.74, 6) is -1.44. The lowest BCUT2D eigenvalue weighted by molar-refractivity contribution is -0.143. The van der Waals surface area contributed by atoms with E-state index in [0.717, 1.165) is 24.2 Å². The third-order valence-corrected chi connectivity index (χ3v) is 4.59. The van der Waals surface area contributed by atoms with Gasteiger partial charge in [-0.2, -0.15) is 0 Å². The number of rotatable bonds is 6. The molecule has 7 heteroatoms.